The van der Waals surface area contributed by atoms with E-state index in [1.54, 1.807) is 25.3 Å². The van der Waals surface area contributed by atoms with Crippen molar-refractivity contribution in [1.82, 2.24) is 10.3 Å². The third-order valence-corrected chi connectivity index (χ3v) is 2.67. The van der Waals surface area contributed by atoms with Crippen molar-refractivity contribution in [1.29, 1.82) is 0 Å². The number of hydrogen-bond acceptors (Lipinski definition) is 5. The second kappa shape index (κ2) is 7.20. The van der Waals surface area contributed by atoms with Gasteiger partial charge in [-0.25, -0.2) is 4.98 Å². The number of nitrogens with one attached hydrogen (secondary N) is 1. The number of nitrogens with zero attached hydrogens (tertiary/aromatic N) is 2. The summed E-state index contributed by atoms with van der Waals surface area (Å²) < 4.78 is 4.94. The molecule has 4 N–H and O–H groups in total. The number of nitrogens with two attached hydrogens (primary N) is 1. The molecule has 7 nitrogen and oxygen atoms in total. The Morgan fingerprint density at radius 2 is 2.37 bits per heavy atom. The minimum Gasteiger partial charge on any atom is -0.481 e. The summed E-state index contributed by atoms with van der Waals surface area (Å²) in [7, 11) is 1.53. The predicted octanol–water partition coefficient (Wildman–Crippen LogP) is 0.479. The molecule has 0 radical (unpaired) electrons. The number of aromatic nitrogens is 1. The molecule has 0 aliphatic heterocycles. The lowest BCUT2D eigenvalue weighted by Gasteiger charge is -2.13. The summed E-state index contributed by atoms with van der Waals surface area (Å²) in [6.45, 7) is 2.11. The Balaban J connectivity index is 2.57. The molecule has 0 fully saturated rings. The van der Waals surface area contributed by atoms with Crippen LogP contribution >= 0.6 is 0 Å². The van der Waals surface area contributed by atoms with Gasteiger partial charge in [-0.2, -0.15) is 0 Å². The average molecular weight is 266 g/mol. The molecule has 0 saturated heterocycles. The van der Waals surface area contributed by atoms with E-state index in [-0.39, 0.29) is 11.7 Å². The van der Waals surface area contributed by atoms with Crippen LogP contribution < -0.4 is 15.8 Å². The number of pyridine rings is 1. The maximum absolute atomic E-state index is 11.8. The summed E-state index contributed by atoms with van der Waals surface area (Å²) in [5.41, 5.74) is 6.28. The lowest BCUT2D eigenvalue weighted by molar-refractivity contribution is -0.123. The number of rotatable bonds is 6. The van der Waals surface area contributed by atoms with Gasteiger partial charge in [-0.15, -0.1) is 0 Å². The normalized spacial score (nSPS) is 12.8. The average Bonchev–Trinajstić information content (AvgIpc) is 2.46. The number of amidine groups is 1. The highest BCUT2D eigenvalue weighted by molar-refractivity contribution is 6.01. The SMILES string of the molecule is CCC(C(=O)NCc1ccc(OC)nc1)/C(N)=N/O. The second-order valence-electron chi connectivity index (χ2n) is 3.91. The van der Waals surface area contributed by atoms with E-state index in [1.165, 1.54) is 7.11 Å². The topological polar surface area (TPSA) is 110 Å². The Kier molecular flexibility index (Phi) is 5.59. The molecular formula is C12H18N4O3. The van der Waals surface area contributed by atoms with Gasteiger partial charge in [0.05, 0.1) is 13.0 Å². The predicted molar refractivity (Wildman–Crippen MR) is 69.8 cm³/mol. The summed E-state index contributed by atoms with van der Waals surface area (Å²) >= 11 is 0. The highest BCUT2D eigenvalue weighted by Crippen LogP contribution is 2.07. The molecule has 1 atom stereocenters. The van der Waals surface area contributed by atoms with E-state index in [0.29, 0.717) is 18.8 Å². The van der Waals surface area contributed by atoms with Gasteiger partial charge in [0.2, 0.25) is 11.8 Å². The van der Waals surface area contributed by atoms with E-state index >= 15 is 0 Å². The van der Waals surface area contributed by atoms with Crippen LogP contribution in [0.4, 0.5) is 0 Å². The van der Waals surface area contributed by atoms with Crippen LogP contribution in [-0.2, 0) is 11.3 Å². The number of carbonyl (C=O) groups is 1. The Bertz CT molecular complexity index is 445. The molecule has 1 heterocycles. The fraction of sp³-hybridized carbons (Fsp3) is 0.417. The van der Waals surface area contributed by atoms with Crippen LogP contribution in [0.25, 0.3) is 0 Å². The fourth-order valence-electron chi connectivity index (χ4n) is 1.55. The molecule has 1 unspecified atom stereocenters. The van der Waals surface area contributed by atoms with Gasteiger partial charge in [0, 0.05) is 18.8 Å². The van der Waals surface area contributed by atoms with Crippen molar-refractivity contribution in [3.05, 3.63) is 23.9 Å². The van der Waals surface area contributed by atoms with Gasteiger partial charge in [0.15, 0.2) is 5.84 Å². The van der Waals surface area contributed by atoms with Gasteiger partial charge in [-0.3, -0.25) is 4.79 Å². The summed E-state index contributed by atoms with van der Waals surface area (Å²) in [5.74, 6) is -0.490. The van der Waals surface area contributed by atoms with Crippen molar-refractivity contribution >= 4 is 11.7 Å². The molecule has 1 aromatic rings. The molecule has 0 aliphatic carbocycles. The van der Waals surface area contributed by atoms with Gasteiger partial charge in [-0.1, -0.05) is 18.1 Å². The fourth-order valence-corrected chi connectivity index (χ4v) is 1.55. The Hall–Kier alpha value is -2.31. The van der Waals surface area contributed by atoms with Gasteiger partial charge in [-0.05, 0) is 12.0 Å². The van der Waals surface area contributed by atoms with Crippen LogP contribution in [0.5, 0.6) is 5.88 Å². The number of oxime groups is 1. The van der Waals surface area contributed by atoms with Crippen LogP contribution in [-0.4, -0.2) is 29.0 Å². The minimum absolute atomic E-state index is 0.0899. The van der Waals surface area contributed by atoms with Crippen molar-refractivity contribution in [3.63, 3.8) is 0 Å². The van der Waals surface area contributed by atoms with Crippen molar-refractivity contribution in [2.75, 3.05) is 7.11 Å². The first-order valence-corrected chi connectivity index (χ1v) is 5.86. The summed E-state index contributed by atoms with van der Waals surface area (Å²) in [4.78, 5) is 15.9. The second-order valence-corrected chi connectivity index (χ2v) is 3.91. The highest BCUT2D eigenvalue weighted by Gasteiger charge is 2.20. The minimum atomic E-state index is -0.629. The van der Waals surface area contributed by atoms with Crippen LogP contribution in [0.2, 0.25) is 0 Å². The first kappa shape index (κ1) is 14.7. The zero-order valence-electron chi connectivity index (χ0n) is 11.0. The van der Waals surface area contributed by atoms with Gasteiger partial charge >= 0.3 is 0 Å². The molecule has 1 aromatic heterocycles. The van der Waals surface area contributed by atoms with Crippen molar-refractivity contribution in [2.45, 2.75) is 19.9 Å². The molecule has 1 amide bonds. The maximum Gasteiger partial charge on any atom is 0.231 e. The van der Waals surface area contributed by atoms with Crippen molar-refractivity contribution < 1.29 is 14.7 Å². The number of methoxy groups -OCH3 is 1. The van der Waals surface area contributed by atoms with E-state index in [9.17, 15) is 4.79 Å². The summed E-state index contributed by atoms with van der Waals surface area (Å²) in [6, 6.07) is 3.51. The van der Waals surface area contributed by atoms with Crippen LogP contribution in [0.15, 0.2) is 23.5 Å². The molecule has 0 aromatic carbocycles. The summed E-state index contributed by atoms with van der Waals surface area (Å²) in [5, 5.41) is 14.2. The smallest absolute Gasteiger partial charge is 0.231 e. The molecule has 104 valence electrons. The molecule has 1 rings (SSSR count). The lowest BCUT2D eigenvalue weighted by atomic mass is 10.0. The standard InChI is InChI=1S/C12H18N4O3/c1-3-9(11(13)16-18)12(17)15-7-8-4-5-10(19-2)14-6-8/h4-6,9,18H,3,7H2,1-2H3,(H2,13,16)(H,15,17). The lowest BCUT2D eigenvalue weighted by Crippen LogP contribution is -2.38. The largest absolute Gasteiger partial charge is 0.481 e. The van der Waals surface area contributed by atoms with Gasteiger partial charge < -0.3 is 21.0 Å². The van der Waals surface area contributed by atoms with Crippen molar-refractivity contribution in [2.24, 2.45) is 16.8 Å². The van der Waals surface area contributed by atoms with Crippen molar-refractivity contribution in [3.8, 4) is 5.88 Å². The van der Waals surface area contributed by atoms with Gasteiger partial charge in [0.25, 0.3) is 0 Å². The molecule has 7 heteroatoms. The molecule has 0 spiro atoms. The first-order chi connectivity index (χ1) is 9.12. The quantitative estimate of drug-likeness (QED) is 0.300. The van der Waals surface area contributed by atoms with Crippen LogP contribution in [0.1, 0.15) is 18.9 Å². The zero-order chi connectivity index (χ0) is 14.3. The van der Waals surface area contributed by atoms with Crippen LogP contribution in [0.3, 0.4) is 0 Å². The molecule has 0 saturated carbocycles. The number of carbonyl (C=O) groups excluding carboxylic acids is 1. The third kappa shape index (κ3) is 4.13. The number of hydrogen-bond donors (Lipinski definition) is 3. The van der Waals surface area contributed by atoms with Crippen LogP contribution in [0, 0.1) is 5.92 Å². The Morgan fingerprint density at radius 3 is 2.84 bits per heavy atom. The molecule has 19 heavy (non-hydrogen) atoms. The van der Waals surface area contributed by atoms with E-state index in [0.717, 1.165) is 5.56 Å². The Morgan fingerprint density at radius 1 is 1.63 bits per heavy atom. The molecular weight excluding hydrogens is 248 g/mol. The Labute approximate surface area is 111 Å². The van der Waals surface area contributed by atoms with Gasteiger partial charge in [0.1, 0.15) is 0 Å². The van der Waals surface area contributed by atoms with E-state index in [1.807, 2.05) is 0 Å². The van der Waals surface area contributed by atoms with E-state index in [2.05, 4.69) is 15.5 Å². The molecule has 0 bridgehead atoms. The number of amides is 1. The summed E-state index contributed by atoms with van der Waals surface area (Å²) in [6.07, 6.45) is 2.08. The third-order valence-electron chi connectivity index (χ3n) is 2.67. The monoisotopic (exact) mass is 266 g/mol. The van der Waals surface area contributed by atoms with E-state index < -0.39 is 5.92 Å². The highest BCUT2D eigenvalue weighted by atomic mass is 16.5. The zero-order valence-corrected chi connectivity index (χ0v) is 11.0. The molecule has 0 aliphatic rings. The maximum atomic E-state index is 11.8. The first-order valence-electron chi connectivity index (χ1n) is 5.86. The number of ether oxygens (including phenoxy) is 1. The van der Waals surface area contributed by atoms with E-state index in [4.69, 9.17) is 15.7 Å².